The van der Waals surface area contributed by atoms with Gasteiger partial charge >= 0.3 is 0 Å². The van der Waals surface area contributed by atoms with Crippen LogP contribution in [0.2, 0.25) is 0 Å². The summed E-state index contributed by atoms with van der Waals surface area (Å²) in [6, 6.07) is 12.0. The predicted octanol–water partition coefficient (Wildman–Crippen LogP) is 4.51. The third-order valence-electron chi connectivity index (χ3n) is 4.83. The van der Waals surface area contributed by atoms with Crippen LogP contribution >= 0.6 is 11.8 Å². The second-order valence-electron chi connectivity index (χ2n) is 6.87. The average Bonchev–Trinajstić information content (AvgIpc) is 3.24. The highest BCUT2D eigenvalue weighted by molar-refractivity contribution is 8.00. The Labute approximate surface area is 171 Å². The lowest BCUT2D eigenvalue weighted by molar-refractivity contribution is -0.129. The number of hydrogen-bond acceptors (Lipinski definition) is 5. The first-order valence-electron chi connectivity index (χ1n) is 9.34. The van der Waals surface area contributed by atoms with E-state index in [1.807, 2.05) is 4.90 Å². The predicted molar refractivity (Wildman–Crippen MR) is 105 cm³/mol. The van der Waals surface area contributed by atoms with Crippen molar-refractivity contribution in [2.75, 3.05) is 18.8 Å². The zero-order chi connectivity index (χ0) is 20.2. The van der Waals surface area contributed by atoms with Gasteiger partial charge in [-0.3, -0.25) is 4.79 Å². The zero-order valence-corrected chi connectivity index (χ0v) is 16.4. The van der Waals surface area contributed by atoms with Crippen LogP contribution in [0.3, 0.4) is 0 Å². The molecule has 2 heterocycles. The van der Waals surface area contributed by atoms with E-state index in [4.69, 9.17) is 4.42 Å². The first-order valence-corrected chi connectivity index (χ1v) is 10.3. The minimum Gasteiger partial charge on any atom is -0.420 e. The number of carbonyl (C=O) groups is 1. The summed E-state index contributed by atoms with van der Waals surface area (Å²) in [6.07, 6.45) is 1.71. The number of amides is 1. The largest absolute Gasteiger partial charge is 0.420 e. The number of halogens is 2. The van der Waals surface area contributed by atoms with E-state index in [9.17, 15) is 13.6 Å². The molecule has 8 heteroatoms. The molecule has 0 bridgehead atoms. The second-order valence-corrected chi connectivity index (χ2v) is 7.92. The van der Waals surface area contributed by atoms with E-state index in [0.717, 1.165) is 17.7 Å². The first kappa shape index (κ1) is 19.6. The standard InChI is InChI=1S/C21H19F2N3O2S/c22-16-5-3-14(4-6-16)20-24-25-21(28-20)15-2-1-11-26(12-15)19(27)13-29-18-9-7-17(23)8-10-18/h3-10,15H,1-2,11-13H2. The van der Waals surface area contributed by atoms with Gasteiger partial charge in [0.2, 0.25) is 17.7 Å². The summed E-state index contributed by atoms with van der Waals surface area (Å²) in [4.78, 5) is 15.3. The molecule has 1 saturated heterocycles. The van der Waals surface area contributed by atoms with Crippen molar-refractivity contribution in [3.63, 3.8) is 0 Å². The number of piperidine rings is 1. The fourth-order valence-electron chi connectivity index (χ4n) is 3.28. The molecule has 0 spiro atoms. The lowest BCUT2D eigenvalue weighted by atomic mass is 9.98. The number of hydrogen-bond donors (Lipinski definition) is 0. The van der Waals surface area contributed by atoms with Gasteiger partial charge in [0.1, 0.15) is 11.6 Å². The molecule has 2 aromatic carbocycles. The quantitative estimate of drug-likeness (QED) is 0.574. The minimum atomic E-state index is -0.326. The fourth-order valence-corrected chi connectivity index (χ4v) is 4.08. The summed E-state index contributed by atoms with van der Waals surface area (Å²) in [7, 11) is 0. The van der Waals surface area contributed by atoms with Gasteiger partial charge in [0.05, 0.1) is 11.7 Å². The molecule has 150 valence electrons. The molecular formula is C21H19F2N3O2S. The second kappa shape index (κ2) is 8.73. The molecule has 1 aliphatic rings. The Hall–Kier alpha value is -2.74. The van der Waals surface area contributed by atoms with Crippen molar-refractivity contribution in [1.82, 2.24) is 15.1 Å². The van der Waals surface area contributed by atoms with Crippen LogP contribution in [0.1, 0.15) is 24.7 Å². The van der Waals surface area contributed by atoms with Gasteiger partial charge in [-0.15, -0.1) is 22.0 Å². The maximum Gasteiger partial charge on any atom is 0.247 e. The van der Waals surface area contributed by atoms with Gasteiger partial charge in [-0.1, -0.05) is 0 Å². The van der Waals surface area contributed by atoms with Gasteiger partial charge in [-0.25, -0.2) is 8.78 Å². The Bertz CT molecular complexity index is 976. The number of likely N-dealkylation sites (tertiary alicyclic amines) is 1. The molecule has 0 saturated carbocycles. The van der Waals surface area contributed by atoms with Crippen molar-refractivity contribution in [1.29, 1.82) is 0 Å². The number of carbonyl (C=O) groups excluding carboxylic acids is 1. The molecule has 3 aromatic rings. The molecule has 5 nitrogen and oxygen atoms in total. The maximum atomic E-state index is 13.1. The summed E-state index contributed by atoms with van der Waals surface area (Å²) in [5.41, 5.74) is 0.657. The maximum absolute atomic E-state index is 13.1. The van der Waals surface area contributed by atoms with Crippen LogP contribution in [0.25, 0.3) is 11.5 Å². The summed E-state index contributed by atoms with van der Waals surface area (Å²) in [5, 5.41) is 8.21. The molecule has 0 radical (unpaired) electrons. The van der Waals surface area contributed by atoms with Gasteiger partial charge in [-0.2, -0.15) is 0 Å². The molecule has 1 fully saturated rings. The molecule has 0 aliphatic carbocycles. The molecule has 1 unspecified atom stereocenters. The van der Waals surface area contributed by atoms with Gasteiger partial charge in [0.15, 0.2) is 0 Å². The van der Waals surface area contributed by atoms with E-state index >= 15 is 0 Å². The van der Waals surface area contributed by atoms with Crippen molar-refractivity contribution in [3.05, 3.63) is 66.1 Å². The van der Waals surface area contributed by atoms with E-state index in [1.165, 1.54) is 36.0 Å². The molecule has 1 aromatic heterocycles. The van der Waals surface area contributed by atoms with Crippen molar-refractivity contribution in [2.45, 2.75) is 23.7 Å². The van der Waals surface area contributed by atoms with E-state index < -0.39 is 0 Å². The molecule has 1 atom stereocenters. The van der Waals surface area contributed by atoms with Crippen molar-refractivity contribution in [2.24, 2.45) is 0 Å². The monoisotopic (exact) mass is 415 g/mol. The topological polar surface area (TPSA) is 59.2 Å². The molecule has 0 N–H and O–H groups in total. The molecule has 29 heavy (non-hydrogen) atoms. The number of nitrogens with zero attached hydrogens (tertiary/aromatic N) is 3. The van der Waals surface area contributed by atoms with Crippen LogP contribution in [0.15, 0.2) is 57.8 Å². The molecule has 1 aliphatic heterocycles. The minimum absolute atomic E-state index is 0.0229. The molecule has 1 amide bonds. The van der Waals surface area contributed by atoms with Crippen molar-refractivity contribution < 1.29 is 18.0 Å². The normalized spacial score (nSPS) is 16.8. The van der Waals surface area contributed by atoms with Gasteiger partial charge in [0, 0.05) is 23.5 Å². The van der Waals surface area contributed by atoms with Gasteiger partial charge < -0.3 is 9.32 Å². The van der Waals surface area contributed by atoms with Gasteiger partial charge in [0.25, 0.3) is 0 Å². The van der Waals surface area contributed by atoms with Gasteiger partial charge in [-0.05, 0) is 61.4 Å². The van der Waals surface area contributed by atoms with Crippen LogP contribution in [0.4, 0.5) is 8.78 Å². The summed E-state index contributed by atoms with van der Waals surface area (Å²) < 4.78 is 31.9. The Morgan fingerprint density at radius 2 is 1.76 bits per heavy atom. The Morgan fingerprint density at radius 3 is 2.48 bits per heavy atom. The van der Waals surface area contributed by atoms with Crippen LogP contribution < -0.4 is 0 Å². The summed E-state index contributed by atoms with van der Waals surface area (Å²) in [6.45, 7) is 1.21. The Balaban J connectivity index is 1.37. The Kier molecular flexibility index (Phi) is 5.89. The summed E-state index contributed by atoms with van der Waals surface area (Å²) >= 11 is 1.39. The highest BCUT2D eigenvalue weighted by atomic mass is 32.2. The lowest BCUT2D eigenvalue weighted by Crippen LogP contribution is -2.40. The fraction of sp³-hybridized carbons (Fsp3) is 0.286. The number of aromatic nitrogens is 2. The van der Waals surface area contributed by atoms with Crippen LogP contribution in [0.5, 0.6) is 0 Å². The highest BCUT2D eigenvalue weighted by Gasteiger charge is 2.28. The van der Waals surface area contributed by atoms with E-state index in [2.05, 4.69) is 10.2 Å². The SMILES string of the molecule is O=C(CSc1ccc(F)cc1)N1CCCC(c2nnc(-c3ccc(F)cc3)o2)C1. The van der Waals surface area contributed by atoms with Crippen LogP contribution in [-0.4, -0.2) is 39.8 Å². The molecule has 4 rings (SSSR count). The van der Waals surface area contributed by atoms with Crippen LogP contribution in [-0.2, 0) is 4.79 Å². The Morgan fingerprint density at radius 1 is 1.07 bits per heavy atom. The number of benzene rings is 2. The average molecular weight is 415 g/mol. The van der Waals surface area contributed by atoms with Crippen molar-refractivity contribution >= 4 is 17.7 Å². The third kappa shape index (κ3) is 4.82. The van der Waals surface area contributed by atoms with E-state index in [1.54, 1.807) is 24.3 Å². The van der Waals surface area contributed by atoms with E-state index in [0.29, 0.717) is 36.2 Å². The summed E-state index contributed by atoms with van der Waals surface area (Å²) in [5.74, 6) is 0.520. The first-order chi connectivity index (χ1) is 14.1. The lowest BCUT2D eigenvalue weighted by Gasteiger charge is -2.31. The van der Waals surface area contributed by atoms with E-state index in [-0.39, 0.29) is 23.5 Å². The zero-order valence-electron chi connectivity index (χ0n) is 15.6. The van der Waals surface area contributed by atoms with Crippen LogP contribution in [0, 0.1) is 11.6 Å². The number of thioether (sulfide) groups is 1. The smallest absolute Gasteiger partial charge is 0.247 e. The number of rotatable bonds is 5. The third-order valence-corrected chi connectivity index (χ3v) is 5.83. The van der Waals surface area contributed by atoms with Crippen molar-refractivity contribution in [3.8, 4) is 11.5 Å². The molecular weight excluding hydrogens is 396 g/mol. The highest BCUT2D eigenvalue weighted by Crippen LogP contribution is 2.29.